The van der Waals surface area contributed by atoms with Crippen LogP contribution in [0.3, 0.4) is 0 Å². The van der Waals surface area contributed by atoms with Crippen molar-refractivity contribution in [2.24, 2.45) is 0 Å². The highest BCUT2D eigenvalue weighted by atomic mass is 19.1. The van der Waals surface area contributed by atoms with Crippen molar-refractivity contribution in [3.8, 4) is 5.75 Å². The number of halogens is 2. The molecule has 1 saturated heterocycles. The van der Waals surface area contributed by atoms with Crippen molar-refractivity contribution in [2.75, 3.05) is 44.2 Å². The highest BCUT2D eigenvalue weighted by molar-refractivity contribution is 5.79. The van der Waals surface area contributed by atoms with Crippen molar-refractivity contribution in [2.45, 2.75) is 19.3 Å². The lowest BCUT2D eigenvalue weighted by Gasteiger charge is -2.36. The predicted molar refractivity (Wildman–Crippen MR) is 114 cm³/mol. The molecular formula is C23H27F2N3O3. The van der Waals surface area contributed by atoms with Gasteiger partial charge in [0.25, 0.3) is 0 Å². The summed E-state index contributed by atoms with van der Waals surface area (Å²) >= 11 is 0. The zero-order chi connectivity index (χ0) is 22.1. The van der Waals surface area contributed by atoms with E-state index in [1.54, 1.807) is 0 Å². The molecule has 31 heavy (non-hydrogen) atoms. The van der Waals surface area contributed by atoms with Crippen LogP contribution in [0.2, 0.25) is 0 Å². The predicted octanol–water partition coefficient (Wildman–Crippen LogP) is 2.98. The van der Waals surface area contributed by atoms with E-state index in [1.807, 2.05) is 23.1 Å². The Balaban J connectivity index is 1.27. The first-order chi connectivity index (χ1) is 15.0. The number of carbonyl (C=O) groups is 2. The lowest BCUT2D eigenvalue weighted by atomic mass is 10.2. The van der Waals surface area contributed by atoms with Gasteiger partial charge in [-0.3, -0.25) is 9.59 Å². The summed E-state index contributed by atoms with van der Waals surface area (Å²) in [5.74, 6) is -1.64. The number of nitrogens with one attached hydrogen (secondary N) is 1. The third-order valence-electron chi connectivity index (χ3n) is 5.11. The Labute approximate surface area is 180 Å². The van der Waals surface area contributed by atoms with Crippen molar-refractivity contribution in [3.63, 3.8) is 0 Å². The first-order valence-corrected chi connectivity index (χ1v) is 10.5. The van der Waals surface area contributed by atoms with Gasteiger partial charge in [-0.25, -0.2) is 8.78 Å². The van der Waals surface area contributed by atoms with Crippen LogP contribution in [-0.4, -0.2) is 56.0 Å². The minimum Gasteiger partial charge on any atom is -0.491 e. The molecule has 1 N–H and O–H groups in total. The maximum Gasteiger partial charge on any atom is 0.224 e. The number of piperazine rings is 1. The van der Waals surface area contributed by atoms with Crippen molar-refractivity contribution in [1.82, 2.24) is 10.2 Å². The highest BCUT2D eigenvalue weighted by Crippen LogP contribution is 2.18. The molecule has 2 amide bonds. The SMILES string of the molecule is O=C(CCCOc1ccc(F)cc1F)NCCC(=O)N1CCN(c2ccccc2)CC1. The van der Waals surface area contributed by atoms with Gasteiger partial charge in [0.1, 0.15) is 5.82 Å². The van der Waals surface area contributed by atoms with Gasteiger partial charge in [0, 0.05) is 57.3 Å². The Kier molecular flexibility index (Phi) is 8.20. The molecule has 0 atom stereocenters. The molecular weight excluding hydrogens is 404 g/mol. The van der Waals surface area contributed by atoms with E-state index >= 15 is 0 Å². The molecule has 3 rings (SSSR count). The van der Waals surface area contributed by atoms with Crippen LogP contribution in [-0.2, 0) is 9.59 Å². The highest BCUT2D eigenvalue weighted by Gasteiger charge is 2.21. The first-order valence-electron chi connectivity index (χ1n) is 10.5. The number of nitrogens with zero attached hydrogens (tertiary/aromatic N) is 2. The largest absolute Gasteiger partial charge is 0.491 e. The van der Waals surface area contributed by atoms with Crippen molar-refractivity contribution < 1.29 is 23.1 Å². The summed E-state index contributed by atoms with van der Waals surface area (Å²) in [6, 6.07) is 13.2. The van der Waals surface area contributed by atoms with Gasteiger partial charge in [0.05, 0.1) is 6.61 Å². The maximum absolute atomic E-state index is 13.5. The molecule has 0 aliphatic carbocycles. The Hall–Kier alpha value is -3.16. The van der Waals surface area contributed by atoms with Gasteiger partial charge in [0.15, 0.2) is 11.6 Å². The Bertz CT molecular complexity index is 872. The maximum atomic E-state index is 13.5. The minimum absolute atomic E-state index is 0.0307. The Morgan fingerprint density at radius 1 is 0.968 bits per heavy atom. The number of para-hydroxylation sites is 1. The zero-order valence-electron chi connectivity index (χ0n) is 17.4. The molecule has 1 heterocycles. The van der Waals surface area contributed by atoms with Crippen LogP contribution in [0, 0.1) is 11.6 Å². The van der Waals surface area contributed by atoms with Crippen LogP contribution < -0.4 is 15.0 Å². The van der Waals surface area contributed by atoms with Gasteiger partial charge in [-0.05, 0) is 30.7 Å². The van der Waals surface area contributed by atoms with E-state index in [-0.39, 0.29) is 43.6 Å². The summed E-state index contributed by atoms with van der Waals surface area (Å²) in [5.41, 5.74) is 1.16. The number of anilines is 1. The van der Waals surface area contributed by atoms with Crippen LogP contribution in [0.4, 0.5) is 14.5 Å². The Morgan fingerprint density at radius 3 is 2.42 bits per heavy atom. The fourth-order valence-electron chi connectivity index (χ4n) is 3.42. The fraction of sp³-hybridized carbons (Fsp3) is 0.391. The molecule has 1 fully saturated rings. The lowest BCUT2D eigenvalue weighted by Crippen LogP contribution is -2.49. The average Bonchev–Trinajstić information content (AvgIpc) is 2.78. The zero-order valence-corrected chi connectivity index (χ0v) is 17.4. The summed E-state index contributed by atoms with van der Waals surface area (Å²) in [6.45, 7) is 3.33. The molecule has 2 aromatic rings. The number of hydrogen-bond donors (Lipinski definition) is 1. The van der Waals surface area contributed by atoms with Gasteiger partial charge in [-0.1, -0.05) is 18.2 Å². The molecule has 6 nitrogen and oxygen atoms in total. The smallest absolute Gasteiger partial charge is 0.224 e. The number of hydrogen-bond acceptors (Lipinski definition) is 4. The van der Waals surface area contributed by atoms with Gasteiger partial charge in [0.2, 0.25) is 11.8 Å². The molecule has 8 heteroatoms. The third kappa shape index (κ3) is 6.94. The van der Waals surface area contributed by atoms with Gasteiger partial charge < -0.3 is 19.9 Å². The summed E-state index contributed by atoms with van der Waals surface area (Å²) in [4.78, 5) is 28.4. The fourth-order valence-corrected chi connectivity index (χ4v) is 3.42. The molecule has 0 radical (unpaired) electrons. The number of carbonyl (C=O) groups excluding carboxylic acids is 2. The molecule has 2 aromatic carbocycles. The molecule has 0 saturated carbocycles. The number of amides is 2. The second-order valence-electron chi connectivity index (χ2n) is 7.33. The second-order valence-corrected chi connectivity index (χ2v) is 7.33. The van der Waals surface area contributed by atoms with Crippen molar-refractivity contribution >= 4 is 17.5 Å². The van der Waals surface area contributed by atoms with Crippen LogP contribution in [0.15, 0.2) is 48.5 Å². The van der Waals surface area contributed by atoms with Crippen LogP contribution in [0.25, 0.3) is 0 Å². The van der Waals surface area contributed by atoms with Gasteiger partial charge >= 0.3 is 0 Å². The monoisotopic (exact) mass is 431 g/mol. The summed E-state index contributed by atoms with van der Waals surface area (Å²) in [5, 5.41) is 2.73. The molecule has 0 bridgehead atoms. The second kappa shape index (κ2) is 11.3. The summed E-state index contributed by atoms with van der Waals surface area (Å²) in [6.07, 6.45) is 0.846. The number of rotatable bonds is 9. The molecule has 1 aliphatic rings. The van der Waals surface area contributed by atoms with Crippen molar-refractivity contribution in [1.29, 1.82) is 0 Å². The Morgan fingerprint density at radius 2 is 1.71 bits per heavy atom. The number of benzene rings is 2. The minimum atomic E-state index is -0.771. The standard InChI is InChI=1S/C23H27F2N3O3/c24-18-8-9-21(20(25)17-18)31-16-4-7-22(29)26-11-10-23(30)28-14-12-27(13-15-28)19-5-2-1-3-6-19/h1-3,5-6,8-9,17H,4,7,10-16H2,(H,26,29). The molecule has 0 aromatic heterocycles. The first kappa shape index (κ1) is 22.5. The quantitative estimate of drug-likeness (QED) is 0.620. The third-order valence-corrected chi connectivity index (χ3v) is 5.11. The molecule has 166 valence electrons. The van der Waals surface area contributed by atoms with Crippen molar-refractivity contribution in [3.05, 3.63) is 60.2 Å². The molecule has 0 unspecified atom stereocenters. The van der Waals surface area contributed by atoms with E-state index in [9.17, 15) is 18.4 Å². The topological polar surface area (TPSA) is 61.9 Å². The van der Waals surface area contributed by atoms with Gasteiger partial charge in [-0.2, -0.15) is 0 Å². The molecule has 1 aliphatic heterocycles. The lowest BCUT2D eigenvalue weighted by molar-refractivity contribution is -0.131. The van der Waals surface area contributed by atoms with E-state index in [0.717, 1.165) is 30.9 Å². The normalized spacial score (nSPS) is 13.7. The number of ether oxygens (including phenoxy) is 1. The average molecular weight is 431 g/mol. The van der Waals surface area contributed by atoms with Crippen LogP contribution in [0.1, 0.15) is 19.3 Å². The summed E-state index contributed by atoms with van der Waals surface area (Å²) < 4.78 is 31.5. The van der Waals surface area contributed by atoms with E-state index in [0.29, 0.717) is 19.5 Å². The van der Waals surface area contributed by atoms with E-state index in [1.165, 1.54) is 6.07 Å². The van der Waals surface area contributed by atoms with Crippen LogP contribution in [0.5, 0.6) is 5.75 Å². The summed E-state index contributed by atoms with van der Waals surface area (Å²) in [7, 11) is 0. The van der Waals surface area contributed by atoms with E-state index in [4.69, 9.17) is 4.74 Å². The van der Waals surface area contributed by atoms with Crippen LogP contribution >= 0.6 is 0 Å². The van der Waals surface area contributed by atoms with Gasteiger partial charge in [-0.15, -0.1) is 0 Å². The van der Waals surface area contributed by atoms with E-state index < -0.39 is 11.6 Å². The van der Waals surface area contributed by atoms with E-state index in [2.05, 4.69) is 22.3 Å². The molecule has 0 spiro atoms.